The summed E-state index contributed by atoms with van der Waals surface area (Å²) in [5.41, 5.74) is 2.39. The first-order chi connectivity index (χ1) is 14.2. The van der Waals surface area contributed by atoms with Gasteiger partial charge in [-0.05, 0) is 48.7 Å². The molecule has 3 heterocycles. The Hall–Kier alpha value is -3.06. The van der Waals surface area contributed by atoms with Crippen molar-refractivity contribution >= 4 is 23.1 Å². The number of pyridine rings is 1. The van der Waals surface area contributed by atoms with E-state index in [0.29, 0.717) is 25.3 Å². The van der Waals surface area contributed by atoms with Gasteiger partial charge < -0.3 is 14.2 Å². The molecule has 1 fully saturated rings. The number of carbonyl (C=O) groups excluding carboxylic acids is 1. The lowest BCUT2D eigenvalue weighted by molar-refractivity contribution is -0.127. The summed E-state index contributed by atoms with van der Waals surface area (Å²) in [7, 11) is 1.66. The highest BCUT2D eigenvalue weighted by Crippen LogP contribution is 2.28. The third-order valence-corrected chi connectivity index (χ3v) is 5.20. The van der Waals surface area contributed by atoms with Gasteiger partial charge in [-0.25, -0.2) is 14.4 Å². The number of benzene rings is 1. The minimum Gasteiger partial charge on any atom is -0.377 e. The maximum atomic E-state index is 13.3. The van der Waals surface area contributed by atoms with Gasteiger partial charge in [-0.1, -0.05) is 12.1 Å². The van der Waals surface area contributed by atoms with E-state index in [-0.39, 0.29) is 17.8 Å². The van der Waals surface area contributed by atoms with Crippen LogP contribution in [-0.2, 0) is 16.1 Å². The van der Waals surface area contributed by atoms with Crippen molar-refractivity contribution in [3.05, 3.63) is 65.9 Å². The first-order valence-electron chi connectivity index (χ1n) is 9.69. The Balaban J connectivity index is 1.45. The Morgan fingerprint density at radius 3 is 2.86 bits per heavy atom. The number of carbonyl (C=O) groups is 1. The lowest BCUT2D eigenvalue weighted by Crippen LogP contribution is -2.38. The van der Waals surface area contributed by atoms with Crippen LogP contribution in [0.25, 0.3) is 17.2 Å². The average Bonchev–Trinajstić information content (AvgIpc) is 3.10. The largest absolute Gasteiger partial charge is 0.377 e. The predicted octanol–water partition coefficient (Wildman–Crippen LogP) is 3.59. The molecule has 1 aliphatic rings. The van der Waals surface area contributed by atoms with Crippen molar-refractivity contribution in [1.29, 1.82) is 0 Å². The molecule has 0 N–H and O–H groups in total. The Morgan fingerprint density at radius 2 is 2.10 bits per heavy atom. The molecule has 0 atom stereocenters. The molecule has 150 valence electrons. The summed E-state index contributed by atoms with van der Waals surface area (Å²) in [6.07, 6.45) is 6.57. The summed E-state index contributed by atoms with van der Waals surface area (Å²) in [5.74, 6) is 0.490. The number of amides is 1. The fourth-order valence-electron chi connectivity index (χ4n) is 3.82. The Bertz CT molecular complexity index is 1040. The van der Waals surface area contributed by atoms with Crippen molar-refractivity contribution in [2.24, 2.45) is 0 Å². The maximum Gasteiger partial charge on any atom is 0.246 e. The molecule has 1 aromatic carbocycles. The van der Waals surface area contributed by atoms with Crippen molar-refractivity contribution in [3.63, 3.8) is 0 Å². The van der Waals surface area contributed by atoms with E-state index in [9.17, 15) is 9.18 Å². The molecule has 0 bridgehead atoms. The monoisotopic (exact) mass is 394 g/mol. The van der Waals surface area contributed by atoms with E-state index in [1.54, 1.807) is 31.5 Å². The molecule has 0 spiro atoms. The van der Waals surface area contributed by atoms with Crippen LogP contribution in [0, 0.1) is 5.82 Å². The lowest BCUT2D eigenvalue weighted by atomic mass is 10.0. The second-order valence-corrected chi connectivity index (χ2v) is 7.12. The van der Waals surface area contributed by atoms with Gasteiger partial charge in [0, 0.05) is 38.5 Å². The summed E-state index contributed by atoms with van der Waals surface area (Å²) in [4.78, 5) is 23.5. The standard InChI is InChI=1S/C22H23FN4O2/c1-29-15-20-25-19-6-3-11-24-22(19)27(20)18-9-12-26(13-10-18)21(28)8-7-16-4-2-5-17(23)14-16/h2-8,11,14,18H,9-10,12-13,15H2,1H3. The highest BCUT2D eigenvalue weighted by molar-refractivity contribution is 5.91. The van der Waals surface area contributed by atoms with Gasteiger partial charge in [0.25, 0.3) is 0 Å². The molecular weight excluding hydrogens is 371 g/mol. The van der Waals surface area contributed by atoms with E-state index in [1.807, 2.05) is 17.0 Å². The summed E-state index contributed by atoms with van der Waals surface area (Å²) in [5, 5.41) is 0. The summed E-state index contributed by atoms with van der Waals surface area (Å²) in [6.45, 7) is 1.72. The summed E-state index contributed by atoms with van der Waals surface area (Å²) < 4.78 is 20.7. The third kappa shape index (κ3) is 4.19. The van der Waals surface area contributed by atoms with Crippen LogP contribution in [0.1, 0.15) is 30.3 Å². The van der Waals surface area contributed by atoms with Gasteiger partial charge in [0.2, 0.25) is 5.91 Å². The van der Waals surface area contributed by atoms with Crippen LogP contribution in [0.5, 0.6) is 0 Å². The summed E-state index contributed by atoms with van der Waals surface area (Å²) >= 11 is 0. The average molecular weight is 394 g/mol. The van der Waals surface area contributed by atoms with Gasteiger partial charge >= 0.3 is 0 Å². The Kier molecular flexibility index (Phi) is 5.67. The molecule has 4 rings (SSSR count). The van der Waals surface area contributed by atoms with E-state index < -0.39 is 0 Å². The number of ether oxygens (including phenoxy) is 1. The summed E-state index contributed by atoms with van der Waals surface area (Å²) in [6, 6.07) is 10.2. The quantitative estimate of drug-likeness (QED) is 0.621. The lowest BCUT2D eigenvalue weighted by Gasteiger charge is -2.32. The number of piperidine rings is 1. The molecule has 1 saturated heterocycles. The number of halogens is 1. The van der Waals surface area contributed by atoms with Crippen LogP contribution in [-0.4, -0.2) is 45.5 Å². The van der Waals surface area contributed by atoms with Crippen molar-refractivity contribution < 1.29 is 13.9 Å². The van der Waals surface area contributed by atoms with E-state index in [4.69, 9.17) is 4.74 Å². The van der Waals surface area contributed by atoms with Gasteiger partial charge in [-0.15, -0.1) is 0 Å². The number of methoxy groups -OCH3 is 1. The number of fused-ring (bicyclic) bond motifs is 1. The van der Waals surface area contributed by atoms with E-state index >= 15 is 0 Å². The maximum absolute atomic E-state index is 13.3. The SMILES string of the molecule is COCc1nc2cccnc2n1C1CCN(C(=O)C=Cc2cccc(F)c2)CC1. The number of hydrogen-bond donors (Lipinski definition) is 0. The van der Waals surface area contributed by atoms with Crippen LogP contribution in [0.4, 0.5) is 4.39 Å². The number of likely N-dealkylation sites (tertiary alicyclic amines) is 1. The van der Waals surface area contributed by atoms with Gasteiger partial charge in [0.15, 0.2) is 5.65 Å². The predicted molar refractivity (Wildman–Crippen MR) is 109 cm³/mol. The second-order valence-electron chi connectivity index (χ2n) is 7.12. The Morgan fingerprint density at radius 1 is 1.28 bits per heavy atom. The zero-order valence-electron chi connectivity index (χ0n) is 16.3. The smallest absolute Gasteiger partial charge is 0.246 e. The molecule has 6 nitrogen and oxygen atoms in total. The minimum absolute atomic E-state index is 0.0570. The van der Waals surface area contributed by atoms with Crippen molar-refractivity contribution in [2.45, 2.75) is 25.5 Å². The molecule has 3 aromatic rings. The fourth-order valence-corrected chi connectivity index (χ4v) is 3.82. The molecule has 0 radical (unpaired) electrons. The van der Waals surface area contributed by atoms with Crippen molar-refractivity contribution in [1.82, 2.24) is 19.4 Å². The third-order valence-electron chi connectivity index (χ3n) is 5.20. The van der Waals surface area contributed by atoms with Crippen molar-refractivity contribution in [3.8, 4) is 0 Å². The number of imidazole rings is 1. The molecule has 1 aliphatic heterocycles. The number of hydrogen-bond acceptors (Lipinski definition) is 4. The van der Waals surface area contributed by atoms with Crippen LogP contribution in [0.15, 0.2) is 48.7 Å². The number of nitrogens with zero attached hydrogens (tertiary/aromatic N) is 4. The number of aromatic nitrogens is 3. The molecule has 29 heavy (non-hydrogen) atoms. The second kappa shape index (κ2) is 8.53. The van der Waals surface area contributed by atoms with Crippen LogP contribution >= 0.6 is 0 Å². The van der Waals surface area contributed by atoms with Gasteiger partial charge in [0.1, 0.15) is 23.8 Å². The molecule has 2 aromatic heterocycles. The Labute approximate surface area is 168 Å². The first kappa shape index (κ1) is 19.3. The van der Waals surface area contributed by atoms with E-state index in [2.05, 4.69) is 14.5 Å². The first-order valence-corrected chi connectivity index (χ1v) is 9.69. The van der Waals surface area contributed by atoms with Crippen LogP contribution < -0.4 is 0 Å². The van der Waals surface area contributed by atoms with Crippen LogP contribution in [0.2, 0.25) is 0 Å². The zero-order chi connectivity index (χ0) is 20.2. The molecule has 0 aliphatic carbocycles. The zero-order valence-corrected chi connectivity index (χ0v) is 16.3. The van der Waals surface area contributed by atoms with E-state index in [1.165, 1.54) is 18.2 Å². The minimum atomic E-state index is -0.312. The molecule has 7 heteroatoms. The topological polar surface area (TPSA) is 60.3 Å². The molecular formula is C22H23FN4O2. The highest BCUT2D eigenvalue weighted by Gasteiger charge is 2.26. The molecule has 0 unspecified atom stereocenters. The van der Waals surface area contributed by atoms with Gasteiger partial charge in [-0.3, -0.25) is 4.79 Å². The molecule has 0 saturated carbocycles. The fraction of sp³-hybridized carbons (Fsp3) is 0.318. The van der Waals surface area contributed by atoms with Gasteiger partial charge in [-0.2, -0.15) is 0 Å². The van der Waals surface area contributed by atoms with Crippen molar-refractivity contribution in [2.75, 3.05) is 20.2 Å². The van der Waals surface area contributed by atoms with Gasteiger partial charge in [0.05, 0.1) is 0 Å². The van der Waals surface area contributed by atoms with Crippen LogP contribution in [0.3, 0.4) is 0 Å². The van der Waals surface area contributed by atoms with E-state index in [0.717, 1.165) is 29.8 Å². The highest BCUT2D eigenvalue weighted by atomic mass is 19.1. The molecule has 1 amide bonds. The normalized spacial score (nSPS) is 15.4. The number of rotatable bonds is 5.